The molecule has 3 heteroatoms. The first kappa shape index (κ1) is 10.3. The summed E-state index contributed by atoms with van der Waals surface area (Å²) in [7, 11) is 1.99. The Morgan fingerprint density at radius 3 is 3.06 bits per heavy atom. The molecule has 0 aromatic carbocycles. The second-order valence-corrected chi connectivity index (χ2v) is 5.47. The number of hydrogen-bond acceptors (Lipinski definition) is 2. The van der Waals surface area contributed by atoms with E-state index in [4.69, 9.17) is 0 Å². The maximum absolute atomic E-state index is 4.46. The van der Waals surface area contributed by atoms with E-state index in [9.17, 15) is 0 Å². The molecule has 2 bridgehead atoms. The maximum Gasteiger partial charge on any atom is 0.0522 e. The van der Waals surface area contributed by atoms with Crippen LogP contribution in [0.4, 0.5) is 0 Å². The summed E-state index contributed by atoms with van der Waals surface area (Å²) in [5, 5.41) is 7.67. The van der Waals surface area contributed by atoms with Gasteiger partial charge < -0.3 is 5.32 Å². The molecule has 0 saturated heterocycles. The standard InChI is InChI=1S/C13H21N3/c1-14-8-13-4-5-15-16(13)9-12-7-10-2-3-11(12)6-10/h4-5,10-12,14H,2-3,6-9H2,1H3. The van der Waals surface area contributed by atoms with E-state index in [0.29, 0.717) is 0 Å². The average Bonchev–Trinajstić information content (AvgIpc) is 2.96. The summed E-state index contributed by atoms with van der Waals surface area (Å²) in [5.74, 6) is 2.93. The Hall–Kier alpha value is -0.830. The van der Waals surface area contributed by atoms with Crippen molar-refractivity contribution < 1.29 is 0 Å². The van der Waals surface area contributed by atoms with Crippen LogP contribution in [-0.4, -0.2) is 16.8 Å². The molecule has 3 unspecified atom stereocenters. The average molecular weight is 219 g/mol. The molecule has 1 N–H and O–H groups in total. The normalized spacial score (nSPS) is 32.4. The van der Waals surface area contributed by atoms with Crippen LogP contribution in [0.3, 0.4) is 0 Å². The molecule has 2 fully saturated rings. The van der Waals surface area contributed by atoms with Gasteiger partial charge in [0.05, 0.1) is 5.69 Å². The molecular formula is C13H21N3. The van der Waals surface area contributed by atoms with E-state index in [1.54, 1.807) is 0 Å². The Kier molecular flexibility index (Phi) is 2.72. The van der Waals surface area contributed by atoms with Gasteiger partial charge in [-0.3, -0.25) is 4.68 Å². The molecule has 2 aliphatic carbocycles. The molecule has 1 aromatic rings. The van der Waals surface area contributed by atoms with Crippen LogP contribution in [0, 0.1) is 17.8 Å². The number of fused-ring (bicyclic) bond motifs is 2. The fraction of sp³-hybridized carbons (Fsp3) is 0.769. The van der Waals surface area contributed by atoms with E-state index >= 15 is 0 Å². The van der Waals surface area contributed by atoms with E-state index in [1.165, 1.54) is 31.4 Å². The van der Waals surface area contributed by atoms with Crippen molar-refractivity contribution in [2.45, 2.75) is 38.8 Å². The summed E-state index contributed by atoms with van der Waals surface area (Å²) in [5.41, 5.74) is 1.32. The summed E-state index contributed by atoms with van der Waals surface area (Å²) in [6.07, 6.45) is 7.83. The molecule has 88 valence electrons. The monoisotopic (exact) mass is 219 g/mol. The van der Waals surface area contributed by atoms with E-state index in [0.717, 1.165) is 30.8 Å². The molecule has 0 spiro atoms. The highest BCUT2D eigenvalue weighted by molar-refractivity contribution is 5.01. The lowest BCUT2D eigenvalue weighted by Gasteiger charge is -2.22. The fourth-order valence-corrected chi connectivity index (χ4v) is 3.68. The third-order valence-corrected chi connectivity index (χ3v) is 4.45. The molecule has 1 aromatic heterocycles. The van der Waals surface area contributed by atoms with Crippen LogP contribution in [-0.2, 0) is 13.1 Å². The molecule has 3 rings (SSSR count). The van der Waals surface area contributed by atoms with Gasteiger partial charge in [-0.25, -0.2) is 0 Å². The SMILES string of the molecule is CNCc1ccnn1CC1CC2CCC1C2. The van der Waals surface area contributed by atoms with Gasteiger partial charge in [-0.2, -0.15) is 5.10 Å². The topological polar surface area (TPSA) is 29.9 Å². The zero-order chi connectivity index (χ0) is 11.0. The van der Waals surface area contributed by atoms with Crippen LogP contribution in [0.5, 0.6) is 0 Å². The minimum absolute atomic E-state index is 0.897. The third-order valence-electron chi connectivity index (χ3n) is 4.45. The van der Waals surface area contributed by atoms with Crippen molar-refractivity contribution in [3.63, 3.8) is 0 Å². The van der Waals surface area contributed by atoms with Gasteiger partial charge in [0.15, 0.2) is 0 Å². The number of aromatic nitrogens is 2. The molecule has 16 heavy (non-hydrogen) atoms. The molecule has 0 radical (unpaired) electrons. The number of nitrogens with zero attached hydrogens (tertiary/aromatic N) is 2. The van der Waals surface area contributed by atoms with Crippen molar-refractivity contribution in [2.75, 3.05) is 7.05 Å². The van der Waals surface area contributed by atoms with Gasteiger partial charge in [0.25, 0.3) is 0 Å². The van der Waals surface area contributed by atoms with Crippen molar-refractivity contribution in [1.29, 1.82) is 0 Å². The Balaban J connectivity index is 1.67. The van der Waals surface area contributed by atoms with Crippen LogP contribution in [0.15, 0.2) is 12.3 Å². The van der Waals surface area contributed by atoms with Crippen molar-refractivity contribution in [3.8, 4) is 0 Å². The fourth-order valence-electron chi connectivity index (χ4n) is 3.68. The summed E-state index contributed by atoms with van der Waals surface area (Å²) < 4.78 is 2.21. The largest absolute Gasteiger partial charge is 0.314 e. The minimum atomic E-state index is 0.897. The van der Waals surface area contributed by atoms with Gasteiger partial charge in [-0.15, -0.1) is 0 Å². The van der Waals surface area contributed by atoms with Gasteiger partial charge >= 0.3 is 0 Å². The first-order valence-electron chi connectivity index (χ1n) is 6.52. The predicted molar refractivity (Wildman–Crippen MR) is 63.9 cm³/mol. The van der Waals surface area contributed by atoms with Crippen LogP contribution in [0.1, 0.15) is 31.4 Å². The van der Waals surface area contributed by atoms with Crippen LogP contribution >= 0.6 is 0 Å². The van der Waals surface area contributed by atoms with Crippen molar-refractivity contribution in [3.05, 3.63) is 18.0 Å². The maximum atomic E-state index is 4.46. The summed E-state index contributed by atoms with van der Waals surface area (Å²) >= 11 is 0. The predicted octanol–water partition coefficient (Wildman–Crippen LogP) is 2.04. The van der Waals surface area contributed by atoms with Gasteiger partial charge in [0.2, 0.25) is 0 Å². The van der Waals surface area contributed by atoms with Crippen LogP contribution < -0.4 is 5.32 Å². The molecule has 2 saturated carbocycles. The lowest BCUT2D eigenvalue weighted by atomic mass is 9.89. The van der Waals surface area contributed by atoms with Crippen molar-refractivity contribution >= 4 is 0 Å². The van der Waals surface area contributed by atoms with Gasteiger partial charge in [0.1, 0.15) is 0 Å². The first-order valence-corrected chi connectivity index (χ1v) is 6.52. The lowest BCUT2D eigenvalue weighted by molar-refractivity contribution is 0.282. The number of nitrogens with one attached hydrogen (secondary N) is 1. The van der Waals surface area contributed by atoms with E-state index in [-0.39, 0.29) is 0 Å². The molecule has 2 aliphatic rings. The Morgan fingerprint density at radius 1 is 1.44 bits per heavy atom. The summed E-state index contributed by atoms with van der Waals surface area (Å²) in [6.45, 7) is 2.08. The molecule has 3 nitrogen and oxygen atoms in total. The Labute approximate surface area is 97.2 Å². The second-order valence-electron chi connectivity index (χ2n) is 5.47. The molecule has 1 heterocycles. The minimum Gasteiger partial charge on any atom is -0.314 e. The highest BCUT2D eigenvalue weighted by Gasteiger charge is 2.39. The highest BCUT2D eigenvalue weighted by Crippen LogP contribution is 2.48. The molecule has 3 atom stereocenters. The molecule has 0 amide bonds. The molecular weight excluding hydrogens is 198 g/mol. The van der Waals surface area contributed by atoms with Gasteiger partial charge in [-0.1, -0.05) is 6.42 Å². The first-order chi connectivity index (χ1) is 7.86. The zero-order valence-electron chi connectivity index (χ0n) is 10.0. The quantitative estimate of drug-likeness (QED) is 0.840. The van der Waals surface area contributed by atoms with Gasteiger partial charge in [0, 0.05) is 19.3 Å². The zero-order valence-corrected chi connectivity index (χ0v) is 10.0. The Morgan fingerprint density at radius 2 is 2.38 bits per heavy atom. The van der Waals surface area contributed by atoms with E-state index in [1.807, 2.05) is 13.2 Å². The number of rotatable bonds is 4. The van der Waals surface area contributed by atoms with E-state index in [2.05, 4.69) is 21.2 Å². The van der Waals surface area contributed by atoms with Crippen LogP contribution in [0.2, 0.25) is 0 Å². The van der Waals surface area contributed by atoms with Crippen molar-refractivity contribution in [1.82, 2.24) is 15.1 Å². The third kappa shape index (κ3) is 1.77. The lowest BCUT2D eigenvalue weighted by Crippen LogP contribution is -2.21. The Bertz CT molecular complexity index is 358. The highest BCUT2D eigenvalue weighted by atomic mass is 15.3. The number of hydrogen-bond donors (Lipinski definition) is 1. The summed E-state index contributed by atoms with van der Waals surface area (Å²) in [4.78, 5) is 0. The van der Waals surface area contributed by atoms with Crippen LogP contribution in [0.25, 0.3) is 0 Å². The molecule has 0 aliphatic heterocycles. The smallest absolute Gasteiger partial charge is 0.0522 e. The van der Waals surface area contributed by atoms with E-state index < -0.39 is 0 Å². The van der Waals surface area contributed by atoms with Crippen molar-refractivity contribution in [2.24, 2.45) is 17.8 Å². The van der Waals surface area contributed by atoms with Gasteiger partial charge in [-0.05, 0) is 50.1 Å². The summed E-state index contributed by atoms with van der Waals surface area (Å²) in [6, 6.07) is 2.13. The second kappa shape index (κ2) is 4.21.